The van der Waals surface area contributed by atoms with Crippen LogP contribution in [0.4, 0.5) is 11.4 Å². The monoisotopic (exact) mass is 282 g/mol. The first kappa shape index (κ1) is 11.5. The lowest BCUT2D eigenvalue weighted by atomic mass is 9.91. The number of rotatable bonds is 2. The van der Waals surface area contributed by atoms with Gasteiger partial charge in [0, 0.05) is 15.8 Å². The molecule has 0 radical (unpaired) electrons. The number of hydrogen-bond acceptors (Lipinski definition) is 2. The maximum absolute atomic E-state index is 11.8. The summed E-state index contributed by atoms with van der Waals surface area (Å²) in [6, 6.07) is 3.77. The molecule has 0 aromatic heterocycles. The highest BCUT2D eigenvalue weighted by Gasteiger charge is 2.31. The third-order valence-corrected chi connectivity index (χ3v) is 3.51. The third-order valence-electron chi connectivity index (χ3n) is 2.83. The van der Waals surface area contributed by atoms with Gasteiger partial charge in [0.2, 0.25) is 5.91 Å². The molecule has 3 N–H and O–H groups in total. The number of fused-ring (bicyclic) bond motifs is 1. The zero-order valence-electron chi connectivity index (χ0n) is 9.38. The van der Waals surface area contributed by atoms with Gasteiger partial charge in [-0.05, 0) is 46.0 Å². The summed E-state index contributed by atoms with van der Waals surface area (Å²) >= 11 is 3.40. The first-order valence-electron chi connectivity index (χ1n) is 5.39. The van der Waals surface area contributed by atoms with Gasteiger partial charge in [-0.3, -0.25) is 4.79 Å². The van der Waals surface area contributed by atoms with E-state index in [1.165, 1.54) is 0 Å². The Hall–Kier alpha value is -1.03. The van der Waals surface area contributed by atoms with E-state index in [1.807, 2.05) is 12.1 Å². The maximum Gasteiger partial charge on any atom is 0.232 e. The fourth-order valence-corrected chi connectivity index (χ4v) is 2.43. The van der Waals surface area contributed by atoms with E-state index >= 15 is 0 Å². The molecule has 1 aromatic carbocycles. The topological polar surface area (TPSA) is 55.1 Å². The van der Waals surface area contributed by atoms with Crippen LogP contribution >= 0.6 is 15.9 Å². The predicted octanol–water partition coefficient (Wildman–Crippen LogP) is 3.11. The van der Waals surface area contributed by atoms with Gasteiger partial charge in [0.05, 0.1) is 5.92 Å². The standard InChI is InChI=1S/C12H15BrN2O/c1-6(2)3-8-7-4-9(13)10(14)5-11(7)15-12(8)16/h4-6,8H,3,14H2,1-2H3,(H,15,16). The Bertz CT molecular complexity index is 443. The second-order valence-corrected chi connectivity index (χ2v) is 5.49. The number of amides is 1. The average molecular weight is 283 g/mol. The van der Waals surface area contributed by atoms with Crippen LogP contribution in [0, 0.1) is 5.92 Å². The molecular weight excluding hydrogens is 268 g/mol. The van der Waals surface area contributed by atoms with Crippen molar-refractivity contribution in [2.24, 2.45) is 5.92 Å². The molecule has 16 heavy (non-hydrogen) atoms. The molecule has 1 aromatic rings. The van der Waals surface area contributed by atoms with E-state index in [1.54, 1.807) is 0 Å². The molecule has 0 saturated carbocycles. The largest absolute Gasteiger partial charge is 0.398 e. The summed E-state index contributed by atoms with van der Waals surface area (Å²) in [5, 5.41) is 2.88. The number of halogens is 1. The molecule has 0 bridgehead atoms. The Balaban J connectivity index is 2.40. The van der Waals surface area contributed by atoms with Crippen molar-refractivity contribution in [3.05, 3.63) is 22.2 Å². The van der Waals surface area contributed by atoms with Crippen LogP contribution in [0.5, 0.6) is 0 Å². The first-order valence-corrected chi connectivity index (χ1v) is 6.18. The number of hydrogen-bond donors (Lipinski definition) is 2. The SMILES string of the molecule is CC(C)CC1C(=O)Nc2cc(N)c(Br)cc21. The van der Waals surface area contributed by atoms with E-state index in [0.717, 1.165) is 22.1 Å². The summed E-state index contributed by atoms with van der Waals surface area (Å²) in [6.45, 7) is 4.25. The molecule has 1 atom stereocenters. The van der Waals surface area contributed by atoms with Gasteiger partial charge in [-0.25, -0.2) is 0 Å². The second kappa shape index (κ2) is 4.09. The first-order chi connectivity index (χ1) is 7.49. The van der Waals surface area contributed by atoms with E-state index < -0.39 is 0 Å². The quantitative estimate of drug-likeness (QED) is 0.819. The highest BCUT2D eigenvalue weighted by atomic mass is 79.9. The number of benzene rings is 1. The Morgan fingerprint density at radius 3 is 2.81 bits per heavy atom. The molecule has 1 unspecified atom stereocenters. The van der Waals surface area contributed by atoms with Crippen molar-refractivity contribution in [3.63, 3.8) is 0 Å². The smallest absolute Gasteiger partial charge is 0.232 e. The fourth-order valence-electron chi connectivity index (χ4n) is 2.07. The van der Waals surface area contributed by atoms with Crippen LogP contribution in [0.3, 0.4) is 0 Å². The predicted molar refractivity (Wildman–Crippen MR) is 69.4 cm³/mol. The van der Waals surface area contributed by atoms with Crippen molar-refractivity contribution in [1.82, 2.24) is 0 Å². The van der Waals surface area contributed by atoms with Crippen molar-refractivity contribution in [3.8, 4) is 0 Å². The van der Waals surface area contributed by atoms with Crippen LogP contribution in [0.2, 0.25) is 0 Å². The zero-order chi connectivity index (χ0) is 11.9. The van der Waals surface area contributed by atoms with E-state index in [2.05, 4.69) is 35.1 Å². The van der Waals surface area contributed by atoms with E-state index in [0.29, 0.717) is 11.6 Å². The zero-order valence-corrected chi connectivity index (χ0v) is 11.0. The third kappa shape index (κ3) is 1.94. The van der Waals surface area contributed by atoms with Gasteiger partial charge in [0.1, 0.15) is 0 Å². The van der Waals surface area contributed by atoms with Gasteiger partial charge in [-0.1, -0.05) is 13.8 Å². The summed E-state index contributed by atoms with van der Waals surface area (Å²) in [4.78, 5) is 11.8. The molecule has 0 aliphatic carbocycles. The number of carbonyl (C=O) groups is 1. The number of carbonyl (C=O) groups excluding carboxylic acids is 1. The molecule has 2 rings (SSSR count). The van der Waals surface area contributed by atoms with Gasteiger partial charge in [-0.15, -0.1) is 0 Å². The van der Waals surface area contributed by atoms with Gasteiger partial charge in [0.15, 0.2) is 0 Å². The van der Waals surface area contributed by atoms with Crippen LogP contribution in [-0.2, 0) is 4.79 Å². The Labute approximate surface area is 104 Å². The normalized spacial score (nSPS) is 18.8. The van der Waals surface area contributed by atoms with Crippen molar-refractivity contribution in [2.75, 3.05) is 11.1 Å². The average Bonchev–Trinajstić information content (AvgIpc) is 2.45. The van der Waals surface area contributed by atoms with E-state index in [9.17, 15) is 4.79 Å². The van der Waals surface area contributed by atoms with Crippen molar-refractivity contribution in [2.45, 2.75) is 26.2 Å². The molecule has 0 saturated heterocycles. The molecule has 0 spiro atoms. The lowest BCUT2D eigenvalue weighted by Crippen LogP contribution is -2.13. The maximum atomic E-state index is 11.8. The fraction of sp³-hybridized carbons (Fsp3) is 0.417. The second-order valence-electron chi connectivity index (χ2n) is 4.63. The summed E-state index contributed by atoms with van der Waals surface area (Å²) in [7, 11) is 0. The number of nitrogens with two attached hydrogens (primary N) is 1. The number of nitrogen functional groups attached to an aromatic ring is 1. The van der Waals surface area contributed by atoms with Gasteiger partial charge < -0.3 is 11.1 Å². The Morgan fingerprint density at radius 1 is 1.50 bits per heavy atom. The van der Waals surface area contributed by atoms with Crippen LogP contribution in [0.15, 0.2) is 16.6 Å². The molecule has 4 heteroatoms. The van der Waals surface area contributed by atoms with E-state index in [-0.39, 0.29) is 11.8 Å². The molecule has 1 aliphatic rings. The highest BCUT2D eigenvalue weighted by molar-refractivity contribution is 9.10. The van der Waals surface area contributed by atoms with Crippen LogP contribution < -0.4 is 11.1 Å². The molecular formula is C12H15BrN2O. The number of anilines is 2. The van der Waals surface area contributed by atoms with Gasteiger partial charge in [0.25, 0.3) is 0 Å². The molecule has 1 heterocycles. The molecule has 1 amide bonds. The molecule has 1 aliphatic heterocycles. The minimum atomic E-state index is -0.0353. The van der Waals surface area contributed by atoms with Crippen LogP contribution in [0.1, 0.15) is 31.7 Å². The van der Waals surface area contributed by atoms with Crippen molar-refractivity contribution >= 4 is 33.2 Å². The lowest BCUT2D eigenvalue weighted by molar-refractivity contribution is -0.117. The summed E-state index contributed by atoms with van der Waals surface area (Å²) in [5.74, 6) is 0.547. The molecule has 3 nitrogen and oxygen atoms in total. The summed E-state index contributed by atoms with van der Waals surface area (Å²) < 4.78 is 0.858. The number of nitrogens with one attached hydrogen (secondary N) is 1. The minimum Gasteiger partial charge on any atom is -0.398 e. The van der Waals surface area contributed by atoms with E-state index in [4.69, 9.17) is 5.73 Å². The molecule has 86 valence electrons. The highest BCUT2D eigenvalue weighted by Crippen LogP contribution is 2.40. The van der Waals surface area contributed by atoms with Crippen LogP contribution in [0.25, 0.3) is 0 Å². The van der Waals surface area contributed by atoms with Crippen molar-refractivity contribution < 1.29 is 4.79 Å². The van der Waals surface area contributed by atoms with Crippen molar-refractivity contribution in [1.29, 1.82) is 0 Å². The van der Waals surface area contributed by atoms with Gasteiger partial charge in [-0.2, -0.15) is 0 Å². The lowest BCUT2D eigenvalue weighted by Gasteiger charge is -2.11. The summed E-state index contributed by atoms with van der Waals surface area (Å²) in [5.41, 5.74) is 8.36. The minimum absolute atomic E-state index is 0.0353. The molecule has 0 fully saturated rings. The van der Waals surface area contributed by atoms with Gasteiger partial charge >= 0.3 is 0 Å². The Morgan fingerprint density at radius 2 is 2.19 bits per heavy atom. The summed E-state index contributed by atoms with van der Waals surface area (Å²) in [6.07, 6.45) is 0.870. The Kier molecular flexibility index (Phi) is 2.93. The van der Waals surface area contributed by atoms with Crippen LogP contribution in [-0.4, -0.2) is 5.91 Å².